The minimum absolute atomic E-state index is 0.178. The van der Waals surface area contributed by atoms with Crippen LogP contribution in [0.1, 0.15) is 18.1 Å². The molecule has 0 heterocycles. The van der Waals surface area contributed by atoms with Crippen molar-refractivity contribution in [1.29, 1.82) is 0 Å². The standard InChI is InChI=1S/C17H18BrNO2/c1-11-8-9-15(14(18)10-11)19-17(20)13(3)21-16-7-5-4-6-12(16)2/h4-10,13H,1-3H3,(H,19,20). The van der Waals surface area contributed by atoms with Crippen LogP contribution in [0.15, 0.2) is 46.9 Å². The molecule has 0 aliphatic heterocycles. The number of carbonyl (C=O) groups excluding carboxylic acids is 1. The monoisotopic (exact) mass is 347 g/mol. The summed E-state index contributed by atoms with van der Waals surface area (Å²) >= 11 is 3.45. The van der Waals surface area contributed by atoms with E-state index in [2.05, 4.69) is 21.2 Å². The Balaban J connectivity index is 2.04. The highest BCUT2D eigenvalue weighted by molar-refractivity contribution is 9.10. The maximum atomic E-state index is 12.2. The van der Waals surface area contributed by atoms with Gasteiger partial charge >= 0.3 is 0 Å². The Hall–Kier alpha value is -1.81. The lowest BCUT2D eigenvalue weighted by Gasteiger charge is -2.16. The van der Waals surface area contributed by atoms with Crippen LogP contribution in [-0.2, 0) is 4.79 Å². The summed E-state index contributed by atoms with van der Waals surface area (Å²) in [5.74, 6) is 0.547. The third kappa shape index (κ3) is 4.08. The summed E-state index contributed by atoms with van der Waals surface area (Å²) in [6.07, 6.45) is -0.570. The Morgan fingerprint density at radius 2 is 1.90 bits per heavy atom. The van der Waals surface area contributed by atoms with Crippen LogP contribution in [0.3, 0.4) is 0 Å². The molecule has 0 aliphatic rings. The first-order valence-corrected chi connectivity index (χ1v) is 7.56. The Kier molecular flexibility index (Phi) is 5.02. The summed E-state index contributed by atoms with van der Waals surface area (Å²) in [5.41, 5.74) is 2.88. The van der Waals surface area contributed by atoms with Gasteiger partial charge in [-0.1, -0.05) is 24.3 Å². The first-order valence-electron chi connectivity index (χ1n) is 6.76. The van der Waals surface area contributed by atoms with E-state index in [0.717, 1.165) is 27.0 Å². The Morgan fingerprint density at radius 3 is 2.57 bits per heavy atom. The van der Waals surface area contributed by atoms with Gasteiger partial charge < -0.3 is 10.1 Å². The maximum absolute atomic E-state index is 12.2. The lowest BCUT2D eigenvalue weighted by Crippen LogP contribution is -2.30. The van der Waals surface area contributed by atoms with Crippen LogP contribution in [0.5, 0.6) is 5.75 Å². The number of halogens is 1. The zero-order valence-corrected chi connectivity index (χ0v) is 13.9. The minimum atomic E-state index is -0.570. The second-order valence-corrected chi connectivity index (χ2v) is 5.85. The SMILES string of the molecule is Cc1ccc(NC(=O)C(C)Oc2ccccc2C)c(Br)c1. The van der Waals surface area contributed by atoms with Gasteiger partial charge in [0.15, 0.2) is 6.10 Å². The molecule has 0 spiro atoms. The van der Waals surface area contributed by atoms with Crippen molar-refractivity contribution in [2.24, 2.45) is 0 Å². The Bertz CT molecular complexity index is 655. The molecule has 0 aromatic heterocycles. The van der Waals surface area contributed by atoms with E-state index in [1.807, 2.05) is 56.3 Å². The molecule has 0 bridgehead atoms. The molecule has 0 aliphatic carbocycles. The van der Waals surface area contributed by atoms with Crippen molar-refractivity contribution in [3.63, 3.8) is 0 Å². The summed E-state index contributed by atoms with van der Waals surface area (Å²) in [7, 11) is 0. The van der Waals surface area contributed by atoms with Crippen LogP contribution >= 0.6 is 15.9 Å². The number of benzene rings is 2. The average molecular weight is 348 g/mol. The molecule has 21 heavy (non-hydrogen) atoms. The number of aryl methyl sites for hydroxylation is 2. The molecule has 4 heteroatoms. The van der Waals surface area contributed by atoms with Crippen molar-refractivity contribution in [1.82, 2.24) is 0 Å². The molecule has 1 unspecified atom stereocenters. The van der Waals surface area contributed by atoms with E-state index in [9.17, 15) is 4.79 Å². The molecule has 0 fully saturated rings. The summed E-state index contributed by atoms with van der Waals surface area (Å²) in [5, 5.41) is 2.87. The predicted octanol–water partition coefficient (Wildman–Crippen LogP) is 4.47. The predicted molar refractivity (Wildman–Crippen MR) is 88.8 cm³/mol. The second-order valence-electron chi connectivity index (χ2n) is 5.00. The minimum Gasteiger partial charge on any atom is -0.481 e. The number of nitrogens with one attached hydrogen (secondary N) is 1. The van der Waals surface area contributed by atoms with E-state index in [1.165, 1.54) is 0 Å². The van der Waals surface area contributed by atoms with Crippen LogP contribution in [0, 0.1) is 13.8 Å². The van der Waals surface area contributed by atoms with Crippen LogP contribution in [0.25, 0.3) is 0 Å². The molecule has 1 N–H and O–H groups in total. The highest BCUT2D eigenvalue weighted by Gasteiger charge is 2.16. The van der Waals surface area contributed by atoms with Crippen molar-refractivity contribution >= 4 is 27.5 Å². The van der Waals surface area contributed by atoms with Crippen LogP contribution in [0.4, 0.5) is 5.69 Å². The number of rotatable bonds is 4. The van der Waals surface area contributed by atoms with E-state index in [0.29, 0.717) is 0 Å². The molecular weight excluding hydrogens is 330 g/mol. The molecule has 2 aromatic carbocycles. The average Bonchev–Trinajstić information content (AvgIpc) is 2.44. The Labute approximate surface area is 133 Å². The molecular formula is C17H18BrNO2. The zero-order valence-electron chi connectivity index (χ0n) is 12.3. The normalized spacial score (nSPS) is 11.8. The molecule has 1 amide bonds. The fourth-order valence-corrected chi connectivity index (χ4v) is 2.48. The number of hydrogen-bond acceptors (Lipinski definition) is 2. The zero-order chi connectivity index (χ0) is 15.4. The quantitative estimate of drug-likeness (QED) is 0.885. The van der Waals surface area contributed by atoms with Gasteiger partial charge in [-0.2, -0.15) is 0 Å². The summed E-state index contributed by atoms with van der Waals surface area (Å²) in [4.78, 5) is 12.2. The van der Waals surface area contributed by atoms with Crippen molar-refractivity contribution < 1.29 is 9.53 Å². The summed E-state index contributed by atoms with van der Waals surface area (Å²) in [6, 6.07) is 13.4. The van der Waals surface area contributed by atoms with Gasteiger partial charge in [-0.3, -0.25) is 4.79 Å². The van der Waals surface area contributed by atoms with Crippen LogP contribution in [0.2, 0.25) is 0 Å². The van der Waals surface area contributed by atoms with Gasteiger partial charge in [-0.25, -0.2) is 0 Å². The molecule has 0 radical (unpaired) electrons. The molecule has 1 atom stereocenters. The van der Waals surface area contributed by atoms with Crippen molar-refractivity contribution in [3.8, 4) is 5.75 Å². The van der Waals surface area contributed by atoms with Crippen molar-refractivity contribution in [2.45, 2.75) is 26.9 Å². The van der Waals surface area contributed by atoms with Gasteiger partial charge in [0.1, 0.15) is 5.75 Å². The topological polar surface area (TPSA) is 38.3 Å². The van der Waals surface area contributed by atoms with Crippen molar-refractivity contribution in [3.05, 3.63) is 58.1 Å². The molecule has 3 nitrogen and oxygen atoms in total. The highest BCUT2D eigenvalue weighted by atomic mass is 79.9. The third-order valence-corrected chi connectivity index (χ3v) is 3.81. The number of para-hydroxylation sites is 1. The van der Waals surface area contributed by atoms with Gasteiger partial charge in [0.25, 0.3) is 5.91 Å². The summed E-state index contributed by atoms with van der Waals surface area (Å²) in [6.45, 7) is 5.70. The maximum Gasteiger partial charge on any atom is 0.265 e. The third-order valence-electron chi connectivity index (χ3n) is 3.15. The van der Waals surface area contributed by atoms with Crippen molar-refractivity contribution in [2.75, 3.05) is 5.32 Å². The number of amides is 1. The molecule has 110 valence electrons. The van der Waals surface area contributed by atoms with Gasteiger partial charge in [0.2, 0.25) is 0 Å². The Morgan fingerprint density at radius 1 is 1.19 bits per heavy atom. The number of ether oxygens (including phenoxy) is 1. The van der Waals surface area contributed by atoms with Crippen LogP contribution in [-0.4, -0.2) is 12.0 Å². The summed E-state index contributed by atoms with van der Waals surface area (Å²) < 4.78 is 6.58. The fraction of sp³-hybridized carbons (Fsp3) is 0.235. The lowest BCUT2D eigenvalue weighted by atomic mass is 10.2. The smallest absolute Gasteiger partial charge is 0.265 e. The van der Waals surface area contributed by atoms with Gasteiger partial charge in [0, 0.05) is 4.47 Å². The van der Waals surface area contributed by atoms with E-state index in [1.54, 1.807) is 6.92 Å². The fourth-order valence-electron chi connectivity index (χ4n) is 1.89. The first-order chi connectivity index (χ1) is 9.97. The number of anilines is 1. The van der Waals surface area contributed by atoms with E-state index < -0.39 is 6.10 Å². The van der Waals surface area contributed by atoms with Gasteiger partial charge in [-0.15, -0.1) is 0 Å². The molecule has 2 rings (SSSR count). The van der Waals surface area contributed by atoms with Gasteiger partial charge in [0.05, 0.1) is 5.69 Å². The first kappa shape index (κ1) is 15.6. The van der Waals surface area contributed by atoms with E-state index in [4.69, 9.17) is 4.74 Å². The number of hydrogen-bond donors (Lipinski definition) is 1. The largest absolute Gasteiger partial charge is 0.481 e. The second kappa shape index (κ2) is 6.76. The lowest BCUT2D eigenvalue weighted by molar-refractivity contribution is -0.122. The molecule has 2 aromatic rings. The molecule has 0 saturated heterocycles. The van der Waals surface area contributed by atoms with Crippen LogP contribution < -0.4 is 10.1 Å². The highest BCUT2D eigenvalue weighted by Crippen LogP contribution is 2.24. The van der Waals surface area contributed by atoms with E-state index in [-0.39, 0.29) is 5.91 Å². The molecule has 0 saturated carbocycles. The van der Waals surface area contributed by atoms with E-state index >= 15 is 0 Å². The number of carbonyl (C=O) groups is 1. The van der Waals surface area contributed by atoms with Gasteiger partial charge in [-0.05, 0) is 66.0 Å².